The predicted molar refractivity (Wildman–Crippen MR) is 91.6 cm³/mol. The van der Waals surface area contributed by atoms with E-state index in [9.17, 15) is 4.79 Å². The molecule has 22 heavy (non-hydrogen) atoms. The van der Waals surface area contributed by atoms with E-state index >= 15 is 0 Å². The second kappa shape index (κ2) is 8.91. The van der Waals surface area contributed by atoms with Crippen LogP contribution in [-0.2, 0) is 17.9 Å². The summed E-state index contributed by atoms with van der Waals surface area (Å²) in [4.78, 5) is 14.5. The maximum Gasteiger partial charge on any atom is 0.224 e. The average molecular weight is 303 g/mol. The molecule has 0 aliphatic carbocycles. The van der Waals surface area contributed by atoms with E-state index in [4.69, 9.17) is 5.73 Å². The van der Waals surface area contributed by atoms with Crippen molar-refractivity contribution in [1.29, 1.82) is 0 Å². The molecule has 4 nitrogen and oxygen atoms in total. The lowest BCUT2D eigenvalue weighted by molar-refractivity contribution is -0.116. The van der Waals surface area contributed by atoms with Gasteiger partial charge < -0.3 is 11.1 Å². The number of anilines is 1. The molecule has 1 aromatic rings. The fraction of sp³-hybridized carbons (Fsp3) is 0.611. The summed E-state index contributed by atoms with van der Waals surface area (Å²) in [5.41, 5.74) is 9.13. The van der Waals surface area contributed by atoms with Gasteiger partial charge in [-0.25, -0.2) is 0 Å². The number of carbonyl (C=O) groups is 1. The van der Waals surface area contributed by atoms with Gasteiger partial charge in [0, 0.05) is 25.2 Å². The molecule has 0 spiro atoms. The highest BCUT2D eigenvalue weighted by atomic mass is 16.1. The lowest BCUT2D eigenvalue weighted by Crippen LogP contribution is -2.17. The molecular formula is C18H29N3O. The van der Waals surface area contributed by atoms with E-state index in [1.165, 1.54) is 17.5 Å². The summed E-state index contributed by atoms with van der Waals surface area (Å²) in [7, 11) is 0. The molecule has 1 aliphatic heterocycles. The van der Waals surface area contributed by atoms with Crippen molar-refractivity contribution >= 4 is 11.6 Å². The minimum Gasteiger partial charge on any atom is -0.330 e. The quantitative estimate of drug-likeness (QED) is 0.688. The number of nitrogens with zero attached hydrogens (tertiary/aromatic N) is 1. The van der Waals surface area contributed by atoms with Crippen molar-refractivity contribution in [2.45, 2.75) is 58.5 Å². The van der Waals surface area contributed by atoms with Gasteiger partial charge in [-0.3, -0.25) is 9.69 Å². The Labute approximate surface area is 134 Å². The van der Waals surface area contributed by atoms with Crippen LogP contribution in [0, 0.1) is 0 Å². The summed E-state index contributed by atoms with van der Waals surface area (Å²) in [6.07, 6.45) is 5.98. The Kier molecular flexibility index (Phi) is 6.87. The minimum absolute atomic E-state index is 0.134. The van der Waals surface area contributed by atoms with Gasteiger partial charge >= 0.3 is 0 Å². The van der Waals surface area contributed by atoms with Crippen molar-refractivity contribution in [2.75, 3.05) is 18.4 Å². The summed E-state index contributed by atoms with van der Waals surface area (Å²) >= 11 is 0. The van der Waals surface area contributed by atoms with Crippen LogP contribution in [0.5, 0.6) is 0 Å². The molecule has 1 heterocycles. The molecule has 1 amide bonds. The van der Waals surface area contributed by atoms with Crippen molar-refractivity contribution in [3.05, 3.63) is 29.3 Å². The fourth-order valence-electron chi connectivity index (χ4n) is 3.08. The van der Waals surface area contributed by atoms with E-state index < -0.39 is 0 Å². The van der Waals surface area contributed by atoms with E-state index in [1.54, 1.807) is 0 Å². The van der Waals surface area contributed by atoms with Crippen LogP contribution >= 0.6 is 0 Å². The van der Waals surface area contributed by atoms with Gasteiger partial charge in [0.25, 0.3) is 0 Å². The summed E-state index contributed by atoms with van der Waals surface area (Å²) in [5, 5.41) is 3.11. The molecule has 0 fully saturated rings. The van der Waals surface area contributed by atoms with Gasteiger partial charge in [-0.2, -0.15) is 0 Å². The summed E-state index contributed by atoms with van der Waals surface area (Å²) in [6.45, 7) is 6.03. The van der Waals surface area contributed by atoms with Crippen LogP contribution in [0.3, 0.4) is 0 Å². The van der Waals surface area contributed by atoms with Gasteiger partial charge in [0.2, 0.25) is 5.91 Å². The Balaban J connectivity index is 1.84. The third-order valence-electron chi connectivity index (χ3n) is 4.22. The van der Waals surface area contributed by atoms with Crippen LogP contribution in [0.1, 0.15) is 56.6 Å². The van der Waals surface area contributed by atoms with Crippen molar-refractivity contribution in [2.24, 2.45) is 5.73 Å². The van der Waals surface area contributed by atoms with Crippen LogP contribution < -0.4 is 11.1 Å². The third kappa shape index (κ3) is 4.82. The molecule has 1 aliphatic rings. The molecule has 1 aromatic carbocycles. The highest BCUT2D eigenvalue weighted by Gasteiger charge is 2.21. The topological polar surface area (TPSA) is 58.4 Å². The van der Waals surface area contributed by atoms with E-state index in [2.05, 4.69) is 23.2 Å². The number of unbranched alkanes of at least 4 members (excludes halogenated alkanes) is 3. The van der Waals surface area contributed by atoms with Gasteiger partial charge in [0.15, 0.2) is 0 Å². The first-order valence-corrected chi connectivity index (χ1v) is 8.57. The molecule has 4 heteroatoms. The number of carbonyl (C=O) groups excluding carboxylic acids is 1. The Hall–Kier alpha value is -1.39. The van der Waals surface area contributed by atoms with Crippen molar-refractivity contribution < 1.29 is 4.79 Å². The summed E-state index contributed by atoms with van der Waals surface area (Å²) in [5.74, 6) is 0.134. The van der Waals surface area contributed by atoms with Crippen molar-refractivity contribution in [3.8, 4) is 0 Å². The second-order valence-electron chi connectivity index (χ2n) is 6.15. The average Bonchev–Trinajstić information content (AvgIpc) is 2.91. The number of hydrogen-bond acceptors (Lipinski definition) is 3. The van der Waals surface area contributed by atoms with Crippen LogP contribution in [0.2, 0.25) is 0 Å². The molecule has 0 radical (unpaired) electrons. The molecule has 0 aromatic heterocycles. The van der Waals surface area contributed by atoms with Crippen molar-refractivity contribution in [1.82, 2.24) is 4.90 Å². The zero-order valence-electron chi connectivity index (χ0n) is 13.7. The summed E-state index contributed by atoms with van der Waals surface area (Å²) < 4.78 is 0. The first-order valence-electron chi connectivity index (χ1n) is 8.57. The van der Waals surface area contributed by atoms with Crippen LogP contribution in [-0.4, -0.2) is 23.9 Å². The summed E-state index contributed by atoms with van der Waals surface area (Å²) in [6, 6.07) is 6.25. The van der Waals surface area contributed by atoms with Crippen LogP contribution in [0.4, 0.5) is 5.69 Å². The molecule has 0 unspecified atom stereocenters. The first kappa shape index (κ1) is 17.0. The number of amides is 1. The Bertz CT molecular complexity index is 487. The number of fused-ring (bicyclic) bond motifs is 1. The lowest BCUT2D eigenvalue weighted by Gasteiger charge is -2.13. The molecule has 3 N–H and O–H groups in total. The van der Waals surface area contributed by atoms with Gasteiger partial charge in [0.05, 0.1) is 0 Å². The second-order valence-corrected chi connectivity index (χ2v) is 6.15. The van der Waals surface area contributed by atoms with E-state index in [1.807, 2.05) is 12.1 Å². The van der Waals surface area contributed by atoms with Gasteiger partial charge in [-0.15, -0.1) is 0 Å². The third-order valence-corrected chi connectivity index (χ3v) is 4.22. The Morgan fingerprint density at radius 3 is 2.82 bits per heavy atom. The molecule has 0 bridgehead atoms. The molecule has 2 rings (SSSR count). The molecule has 0 saturated heterocycles. The van der Waals surface area contributed by atoms with Crippen molar-refractivity contribution in [3.63, 3.8) is 0 Å². The van der Waals surface area contributed by atoms with Crippen LogP contribution in [0.15, 0.2) is 18.2 Å². The van der Waals surface area contributed by atoms with Gasteiger partial charge in [-0.05, 0) is 49.5 Å². The Morgan fingerprint density at radius 2 is 2.05 bits per heavy atom. The van der Waals surface area contributed by atoms with E-state index in [0.29, 0.717) is 6.42 Å². The molecule has 122 valence electrons. The van der Waals surface area contributed by atoms with Gasteiger partial charge in [-0.1, -0.05) is 31.9 Å². The lowest BCUT2D eigenvalue weighted by atomic mass is 10.1. The minimum atomic E-state index is 0.134. The highest BCUT2D eigenvalue weighted by Crippen LogP contribution is 2.29. The largest absolute Gasteiger partial charge is 0.330 e. The SMILES string of the molecule is CCCN1Cc2cccc(NC(=O)CCCCCCN)c2C1. The monoisotopic (exact) mass is 303 g/mol. The number of nitrogens with one attached hydrogen (secondary N) is 1. The number of nitrogens with two attached hydrogens (primary N) is 1. The predicted octanol–water partition coefficient (Wildman–Crippen LogP) is 3.26. The maximum absolute atomic E-state index is 12.1. The van der Waals surface area contributed by atoms with E-state index in [0.717, 1.165) is 57.5 Å². The van der Waals surface area contributed by atoms with Crippen LogP contribution in [0.25, 0.3) is 0 Å². The van der Waals surface area contributed by atoms with E-state index in [-0.39, 0.29) is 5.91 Å². The molecule has 0 atom stereocenters. The highest BCUT2D eigenvalue weighted by molar-refractivity contribution is 5.91. The Morgan fingerprint density at radius 1 is 1.23 bits per heavy atom. The fourth-order valence-corrected chi connectivity index (χ4v) is 3.08. The maximum atomic E-state index is 12.1. The normalized spacial score (nSPS) is 14.1. The number of rotatable bonds is 9. The number of hydrogen-bond donors (Lipinski definition) is 2. The standard InChI is InChI=1S/C18H29N3O/c1-2-12-21-13-15-8-7-9-17(16(15)14-21)20-18(22)10-5-3-4-6-11-19/h7-9H,2-6,10-14,19H2,1H3,(H,20,22). The van der Waals surface area contributed by atoms with Gasteiger partial charge in [0.1, 0.15) is 0 Å². The molecular weight excluding hydrogens is 274 g/mol. The first-order chi connectivity index (χ1) is 10.7. The zero-order chi connectivity index (χ0) is 15.8. The zero-order valence-corrected chi connectivity index (χ0v) is 13.7. The smallest absolute Gasteiger partial charge is 0.224 e. The number of benzene rings is 1. The molecule has 0 saturated carbocycles.